The fourth-order valence-electron chi connectivity index (χ4n) is 2.68. The van der Waals surface area contributed by atoms with Gasteiger partial charge in [0.25, 0.3) is 0 Å². The molecule has 8 heteroatoms. The first-order chi connectivity index (χ1) is 13.2. The van der Waals surface area contributed by atoms with Crippen LogP contribution < -0.4 is 20.5 Å². The van der Waals surface area contributed by atoms with Crippen molar-refractivity contribution < 1.29 is 9.47 Å². The molecule has 0 fully saturated rings. The highest BCUT2D eigenvalue weighted by Crippen LogP contribution is 2.33. The molecule has 1 aliphatic rings. The number of nitrogens with two attached hydrogens (primary N) is 1. The molecular formula is C19H19N5O2S. The van der Waals surface area contributed by atoms with Crippen LogP contribution in [0, 0.1) is 6.92 Å². The maximum absolute atomic E-state index is 5.85. The van der Waals surface area contributed by atoms with E-state index in [1.807, 2.05) is 49.4 Å². The van der Waals surface area contributed by atoms with Gasteiger partial charge in [-0.25, -0.2) is 0 Å². The number of aromatic nitrogens is 3. The van der Waals surface area contributed by atoms with E-state index < -0.39 is 0 Å². The van der Waals surface area contributed by atoms with Gasteiger partial charge in [-0.3, -0.25) is 0 Å². The van der Waals surface area contributed by atoms with Gasteiger partial charge >= 0.3 is 0 Å². The number of anilines is 3. The standard InChI is InChI=1S/C19H19N5O2S/c1-12-4-2-3-5-14(12)21-19-23-17(22-18(20)24-19)10-27-9-13-6-7-15-16(8-13)26-11-25-15/h2-8H,9-11H2,1H3,(H3,20,21,22,23,24). The van der Waals surface area contributed by atoms with Crippen molar-refractivity contribution in [2.75, 3.05) is 17.8 Å². The summed E-state index contributed by atoms with van der Waals surface area (Å²) in [7, 11) is 0. The van der Waals surface area contributed by atoms with Crippen molar-refractivity contribution in [3.8, 4) is 11.5 Å². The molecule has 0 spiro atoms. The average Bonchev–Trinajstić information content (AvgIpc) is 3.11. The Morgan fingerprint density at radius 1 is 1.04 bits per heavy atom. The molecule has 0 aliphatic carbocycles. The van der Waals surface area contributed by atoms with Gasteiger partial charge in [-0.1, -0.05) is 24.3 Å². The van der Waals surface area contributed by atoms with Gasteiger partial charge in [-0.15, -0.1) is 11.8 Å². The topological polar surface area (TPSA) is 95.2 Å². The molecule has 4 rings (SSSR count). The maximum Gasteiger partial charge on any atom is 0.232 e. The second kappa shape index (κ2) is 7.71. The number of ether oxygens (including phenoxy) is 2. The molecule has 2 heterocycles. The summed E-state index contributed by atoms with van der Waals surface area (Å²) in [5.41, 5.74) is 9.06. The quantitative estimate of drug-likeness (QED) is 0.668. The van der Waals surface area contributed by atoms with Crippen molar-refractivity contribution in [2.45, 2.75) is 18.4 Å². The van der Waals surface area contributed by atoms with E-state index in [0.29, 0.717) is 17.5 Å². The van der Waals surface area contributed by atoms with Crippen LogP contribution in [-0.4, -0.2) is 21.7 Å². The number of fused-ring (bicyclic) bond motifs is 1. The molecule has 0 saturated carbocycles. The van der Waals surface area contributed by atoms with Gasteiger partial charge < -0.3 is 20.5 Å². The number of nitrogens with one attached hydrogen (secondary N) is 1. The number of hydrogen-bond acceptors (Lipinski definition) is 8. The first kappa shape index (κ1) is 17.4. The number of aryl methyl sites for hydroxylation is 1. The number of thioether (sulfide) groups is 1. The van der Waals surface area contributed by atoms with E-state index in [1.165, 1.54) is 0 Å². The Morgan fingerprint density at radius 2 is 1.89 bits per heavy atom. The lowest BCUT2D eigenvalue weighted by Crippen LogP contribution is -2.07. The molecule has 3 aromatic rings. The van der Waals surface area contributed by atoms with Crippen molar-refractivity contribution in [3.63, 3.8) is 0 Å². The minimum atomic E-state index is 0.208. The summed E-state index contributed by atoms with van der Waals surface area (Å²) in [5.74, 6) is 4.33. The Kier molecular flexibility index (Phi) is 4.97. The van der Waals surface area contributed by atoms with E-state index in [9.17, 15) is 0 Å². The maximum atomic E-state index is 5.85. The van der Waals surface area contributed by atoms with E-state index in [-0.39, 0.29) is 12.7 Å². The van der Waals surface area contributed by atoms with Crippen molar-refractivity contribution in [1.82, 2.24) is 15.0 Å². The summed E-state index contributed by atoms with van der Waals surface area (Å²) in [6, 6.07) is 13.9. The van der Waals surface area contributed by atoms with Crippen LogP contribution in [0.1, 0.15) is 17.0 Å². The van der Waals surface area contributed by atoms with Crippen molar-refractivity contribution in [3.05, 3.63) is 59.4 Å². The number of hydrogen-bond donors (Lipinski definition) is 2. The van der Waals surface area contributed by atoms with Gasteiger partial charge in [0.1, 0.15) is 5.82 Å². The molecule has 0 radical (unpaired) electrons. The van der Waals surface area contributed by atoms with Crippen LogP contribution in [0.2, 0.25) is 0 Å². The zero-order valence-electron chi connectivity index (χ0n) is 14.8. The number of nitrogens with zero attached hydrogens (tertiary/aromatic N) is 3. The number of rotatable bonds is 6. The first-order valence-corrected chi connectivity index (χ1v) is 9.62. The van der Waals surface area contributed by atoms with E-state index in [0.717, 1.165) is 34.1 Å². The molecule has 3 N–H and O–H groups in total. The zero-order chi connectivity index (χ0) is 18.6. The van der Waals surface area contributed by atoms with Crippen molar-refractivity contribution in [1.29, 1.82) is 0 Å². The van der Waals surface area contributed by atoms with Crippen LogP contribution in [0.4, 0.5) is 17.6 Å². The molecule has 7 nitrogen and oxygen atoms in total. The normalized spacial score (nSPS) is 12.2. The van der Waals surface area contributed by atoms with E-state index >= 15 is 0 Å². The molecule has 0 amide bonds. The summed E-state index contributed by atoms with van der Waals surface area (Å²) in [6.45, 7) is 2.31. The van der Waals surface area contributed by atoms with Crippen LogP contribution in [0.3, 0.4) is 0 Å². The Bertz CT molecular complexity index is 967. The minimum Gasteiger partial charge on any atom is -0.454 e. The third-order valence-corrected chi connectivity index (χ3v) is 5.03. The van der Waals surface area contributed by atoms with Crippen LogP contribution in [-0.2, 0) is 11.5 Å². The SMILES string of the molecule is Cc1ccccc1Nc1nc(N)nc(CSCc2ccc3c(c2)OCO3)n1. The lowest BCUT2D eigenvalue weighted by molar-refractivity contribution is 0.174. The molecule has 0 saturated heterocycles. The van der Waals surface area contributed by atoms with Crippen LogP contribution in [0.5, 0.6) is 11.5 Å². The summed E-state index contributed by atoms with van der Waals surface area (Å²) in [6.07, 6.45) is 0. The van der Waals surface area contributed by atoms with E-state index in [1.54, 1.807) is 11.8 Å². The Balaban J connectivity index is 1.40. The summed E-state index contributed by atoms with van der Waals surface area (Å²) in [4.78, 5) is 12.9. The molecular weight excluding hydrogens is 362 g/mol. The van der Waals surface area contributed by atoms with Crippen LogP contribution >= 0.6 is 11.8 Å². The second-order valence-corrected chi connectivity index (χ2v) is 7.04. The Morgan fingerprint density at radius 3 is 2.78 bits per heavy atom. The molecule has 0 bridgehead atoms. The second-order valence-electron chi connectivity index (χ2n) is 6.05. The summed E-state index contributed by atoms with van der Waals surface area (Å²) < 4.78 is 10.7. The van der Waals surface area contributed by atoms with Crippen molar-refractivity contribution in [2.24, 2.45) is 0 Å². The molecule has 0 unspecified atom stereocenters. The lowest BCUT2D eigenvalue weighted by Gasteiger charge is -2.09. The van der Waals surface area contributed by atoms with Crippen molar-refractivity contribution >= 4 is 29.3 Å². The zero-order valence-corrected chi connectivity index (χ0v) is 15.6. The Hall–Kier alpha value is -3.00. The number of benzene rings is 2. The van der Waals surface area contributed by atoms with Gasteiger partial charge in [0.15, 0.2) is 11.5 Å². The number of para-hydroxylation sites is 1. The van der Waals surface area contributed by atoms with E-state index in [4.69, 9.17) is 15.2 Å². The third-order valence-electron chi connectivity index (χ3n) is 4.03. The van der Waals surface area contributed by atoms with Gasteiger partial charge in [0.2, 0.25) is 18.7 Å². The fourth-order valence-corrected chi connectivity index (χ4v) is 3.51. The predicted molar refractivity (Wildman–Crippen MR) is 106 cm³/mol. The predicted octanol–water partition coefficient (Wildman–Crippen LogP) is 3.67. The van der Waals surface area contributed by atoms with Gasteiger partial charge in [-0.2, -0.15) is 15.0 Å². The lowest BCUT2D eigenvalue weighted by atomic mass is 10.2. The van der Waals surface area contributed by atoms with Crippen LogP contribution in [0.15, 0.2) is 42.5 Å². The van der Waals surface area contributed by atoms with Crippen LogP contribution in [0.25, 0.3) is 0 Å². The highest BCUT2D eigenvalue weighted by molar-refractivity contribution is 7.97. The highest BCUT2D eigenvalue weighted by atomic mass is 32.2. The highest BCUT2D eigenvalue weighted by Gasteiger charge is 2.13. The summed E-state index contributed by atoms with van der Waals surface area (Å²) >= 11 is 1.70. The molecule has 1 aromatic heterocycles. The minimum absolute atomic E-state index is 0.208. The smallest absolute Gasteiger partial charge is 0.232 e. The van der Waals surface area contributed by atoms with Gasteiger partial charge in [-0.05, 0) is 36.2 Å². The number of nitrogen functional groups attached to an aromatic ring is 1. The largest absolute Gasteiger partial charge is 0.454 e. The first-order valence-electron chi connectivity index (χ1n) is 8.47. The molecule has 138 valence electrons. The molecule has 27 heavy (non-hydrogen) atoms. The monoisotopic (exact) mass is 381 g/mol. The molecule has 2 aromatic carbocycles. The summed E-state index contributed by atoms with van der Waals surface area (Å²) in [5, 5.41) is 3.21. The molecule has 1 aliphatic heterocycles. The fraction of sp³-hybridized carbons (Fsp3) is 0.211. The molecule has 0 atom stereocenters. The Labute approximate surface area is 161 Å². The average molecular weight is 381 g/mol. The third kappa shape index (κ3) is 4.22. The van der Waals surface area contributed by atoms with Gasteiger partial charge in [0.05, 0.1) is 5.75 Å². The van der Waals surface area contributed by atoms with E-state index in [2.05, 4.69) is 20.3 Å². The van der Waals surface area contributed by atoms with Gasteiger partial charge in [0, 0.05) is 11.4 Å².